The lowest BCUT2D eigenvalue weighted by Crippen LogP contribution is -2.42. The minimum absolute atomic E-state index is 0.913. The van der Waals surface area contributed by atoms with Gasteiger partial charge >= 0.3 is 0 Å². The monoisotopic (exact) mass is 214 g/mol. The van der Waals surface area contributed by atoms with E-state index in [2.05, 4.69) is 29.0 Å². The van der Waals surface area contributed by atoms with Gasteiger partial charge in [0, 0.05) is 11.8 Å². The Balaban J connectivity index is 1.72. The molecule has 0 amide bonds. The van der Waals surface area contributed by atoms with Crippen molar-refractivity contribution in [3.05, 3.63) is 0 Å². The number of hydrogen-bond donors (Lipinski definition) is 1. The molecule has 0 saturated carbocycles. The molecule has 1 atom stereocenters. The SMILES string of the molecule is CNCC1CCN(C2CCSC2)CC1. The molecule has 3 heteroatoms. The van der Waals surface area contributed by atoms with Gasteiger partial charge in [-0.25, -0.2) is 0 Å². The Labute approximate surface area is 91.8 Å². The fraction of sp³-hybridized carbons (Fsp3) is 1.00. The molecule has 1 N–H and O–H groups in total. The van der Waals surface area contributed by atoms with Crippen LogP contribution < -0.4 is 5.32 Å². The van der Waals surface area contributed by atoms with Gasteiger partial charge in [-0.2, -0.15) is 11.8 Å². The molecule has 0 aromatic rings. The molecule has 0 aromatic heterocycles. The summed E-state index contributed by atoms with van der Waals surface area (Å²) in [5, 5.41) is 3.30. The summed E-state index contributed by atoms with van der Waals surface area (Å²) in [4.78, 5) is 2.73. The zero-order valence-corrected chi connectivity index (χ0v) is 9.98. The largest absolute Gasteiger partial charge is 0.319 e. The molecule has 2 nitrogen and oxygen atoms in total. The third-order valence-corrected chi connectivity index (χ3v) is 4.71. The van der Waals surface area contributed by atoms with Crippen molar-refractivity contribution in [2.45, 2.75) is 25.3 Å². The molecule has 2 fully saturated rings. The van der Waals surface area contributed by atoms with Crippen molar-refractivity contribution in [2.75, 3.05) is 38.2 Å². The molecular formula is C11H22N2S. The van der Waals surface area contributed by atoms with E-state index in [0.717, 1.165) is 12.0 Å². The number of rotatable bonds is 3. The van der Waals surface area contributed by atoms with E-state index < -0.39 is 0 Å². The molecule has 2 rings (SSSR count). The molecule has 14 heavy (non-hydrogen) atoms. The molecule has 2 aliphatic rings. The van der Waals surface area contributed by atoms with Gasteiger partial charge < -0.3 is 5.32 Å². The fourth-order valence-electron chi connectivity index (χ4n) is 2.62. The van der Waals surface area contributed by atoms with E-state index in [1.54, 1.807) is 0 Å². The van der Waals surface area contributed by atoms with Gasteiger partial charge in [-0.1, -0.05) is 0 Å². The number of hydrogen-bond acceptors (Lipinski definition) is 3. The summed E-state index contributed by atoms with van der Waals surface area (Å²) in [6.07, 6.45) is 4.24. The molecular weight excluding hydrogens is 192 g/mol. The highest BCUT2D eigenvalue weighted by molar-refractivity contribution is 7.99. The third kappa shape index (κ3) is 2.65. The van der Waals surface area contributed by atoms with E-state index in [9.17, 15) is 0 Å². The Morgan fingerprint density at radius 2 is 2.07 bits per heavy atom. The van der Waals surface area contributed by atoms with Crippen LogP contribution in [0.3, 0.4) is 0 Å². The van der Waals surface area contributed by atoms with Crippen LogP contribution in [-0.4, -0.2) is 49.1 Å². The second kappa shape index (κ2) is 5.38. The van der Waals surface area contributed by atoms with Crippen LogP contribution in [0.5, 0.6) is 0 Å². The van der Waals surface area contributed by atoms with Crippen LogP contribution in [0, 0.1) is 5.92 Å². The lowest BCUT2D eigenvalue weighted by molar-refractivity contribution is 0.143. The van der Waals surface area contributed by atoms with Crippen LogP contribution in [0.15, 0.2) is 0 Å². The van der Waals surface area contributed by atoms with E-state index >= 15 is 0 Å². The van der Waals surface area contributed by atoms with Crippen LogP contribution in [-0.2, 0) is 0 Å². The first kappa shape index (κ1) is 10.8. The van der Waals surface area contributed by atoms with E-state index in [4.69, 9.17) is 0 Å². The lowest BCUT2D eigenvalue weighted by Gasteiger charge is -2.35. The Bertz CT molecular complexity index is 161. The summed E-state index contributed by atoms with van der Waals surface area (Å²) in [5.41, 5.74) is 0. The molecule has 0 aromatic carbocycles. The summed E-state index contributed by atoms with van der Waals surface area (Å²) in [6.45, 7) is 3.91. The van der Waals surface area contributed by atoms with Crippen LogP contribution in [0.1, 0.15) is 19.3 Å². The molecule has 1 unspecified atom stereocenters. The fourth-order valence-corrected chi connectivity index (χ4v) is 3.88. The maximum Gasteiger partial charge on any atom is 0.0194 e. The predicted molar refractivity (Wildman–Crippen MR) is 64.0 cm³/mol. The van der Waals surface area contributed by atoms with Gasteiger partial charge in [-0.05, 0) is 57.6 Å². The van der Waals surface area contributed by atoms with Crippen molar-refractivity contribution >= 4 is 11.8 Å². The molecule has 2 heterocycles. The van der Waals surface area contributed by atoms with Crippen molar-refractivity contribution in [2.24, 2.45) is 5.92 Å². The topological polar surface area (TPSA) is 15.3 Å². The van der Waals surface area contributed by atoms with Crippen molar-refractivity contribution < 1.29 is 0 Å². The molecule has 2 aliphatic heterocycles. The van der Waals surface area contributed by atoms with Gasteiger partial charge in [0.25, 0.3) is 0 Å². The Morgan fingerprint density at radius 1 is 1.29 bits per heavy atom. The van der Waals surface area contributed by atoms with Gasteiger partial charge in [0.05, 0.1) is 0 Å². The first-order valence-electron chi connectivity index (χ1n) is 5.86. The minimum atomic E-state index is 0.913. The normalized spacial score (nSPS) is 31.1. The standard InChI is InChI=1S/C11H22N2S/c1-12-8-10-2-5-13(6-3-10)11-4-7-14-9-11/h10-12H,2-9H2,1H3. The van der Waals surface area contributed by atoms with Gasteiger partial charge in [0.2, 0.25) is 0 Å². The molecule has 82 valence electrons. The molecule has 0 spiro atoms. The number of nitrogens with one attached hydrogen (secondary N) is 1. The first-order chi connectivity index (χ1) is 6.90. The second-order valence-electron chi connectivity index (χ2n) is 4.55. The summed E-state index contributed by atoms with van der Waals surface area (Å²) in [6, 6.07) is 0.913. The lowest BCUT2D eigenvalue weighted by atomic mass is 9.95. The van der Waals surface area contributed by atoms with Crippen molar-refractivity contribution in [1.82, 2.24) is 10.2 Å². The Kier molecular flexibility index (Phi) is 4.14. The summed E-state index contributed by atoms with van der Waals surface area (Å²) in [7, 11) is 2.07. The van der Waals surface area contributed by atoms with Crippen molar-refractivity contribution in [1.29, 1.82) is 0 Å². The minimum Gasteiger partial charge on any atom is -0.319 e. The smallest absolute Gasteiger partial charge is 0.0194 e. The third-order valence-electron chi connectivity index (χ3n) is 3.56. The van der Waals surface area contributed by atoms with E-state index in [-0.39, 0.29) is 0 Å². The highest BCUT2D eigenvalue weighted by Crippen LogP contribution is 2.26. The Hall–Kier alpha value is 0.270. The number of thioether (sulfide) groups is 1. The van der Waals surface area contributed by atoms with Crippen LogP contribution >= 0.6 is 11.8 Å². The zero-order valence-electron chi connectivity index (χ0n) is 9.17. The highest BCUT2D eigenvalue weighted by atomic mass is 32.2. The molecule has 0 aliphatic carbocycles. The summed E-state index contributed by atoms with van der Waals surface area (Å²) < 4.78 is 0. The first-order valence-corrected chi connectivity index (χ1v) is 7.02. The van der Waals surface area contributed by atoms with Crippen LogP contribution in [0.25, 0.3) is 0 Å². The van der Waals surface area contributed by atoms with Crippen molar-refractivity contribution in [3.8, 4) is 0 Å². The molecule has 0 bridgehead atoms. The number of piperidine rings is 1. The second-order valence-corrected chi connectivity index (χ2v) is 5.70. The zero-order chi connectivity index (χ0) is 9.80. The average molecular weight is 214 g/mol. The average Bonchev–Trinajstić information content (AvgIpc) is 2.72. The van der Waals surface area contributed by atoms with Gasteiger partial charge in [0.1, 0.15) is 0 Å². The molecule has 2 saturated heterocycles. The van der Waals surface area contributed by atoms with Gasteiger partial charge in [-0.15, -0.1) is 0 Å². The van der Waals surface area contributed by atoms with Crippen molar-refractivity contribution in [3.63, 3.8) is 0 Å². The maximum absolute atomic E-state index is 3.30. The van der Waals surface area contributed by atoms with E-state index in [0.29, 0.717) is 0 Å². The van der Waals surface area contributed by atoms with Crippen LogP contribution in [0.2, 0.25) is 0 Å². The molecule has 0 radical (unpaired) electrons. The summed E-state index contributed by atoms with van der Waals surface area (Å²) >= 11 is 2.13. The van der Waals surface area contributed by atoms with Gasteiger partial charge in [-0.3, -0.25) is 4.90 Å². The van der Waals surface area contributed by atoms with E-state index in [1.807, 2.05) is 0 Å². The quantitative estimate of drug-likeness (QED) is 0.765. The summed E-state index contributed by atoms with van der Waals surface area (Å²) in [5.74, 6) is 3.71. The number of nitrogens with zero attached hydrogens (tertiary/aromatic N) is 1. The van der Waals surface area contributed by atoms with Crippen LogP contribution in [0.4, 0.5) is 0 Å². The van der Waals surface area contributed by atoms with E-state index in [1.165, 1.54) is 50.4 Å². The maximum atomic E-state index is 3.30. The Morgan fingerprint density at radius 3 is 2.64 bits per heavy atom. The van der Waals surface area contributed by atoms with Gasteiger partial charge in [0.15, 0.2) is 0 Å². The predicted octanol–water partition coefficient (Wildman–Crippen LogP) is 1.42. The highest BCUT2D eigenvalue weighted by Gasteiger charge is 2.26. The number of likely N-dealkylation sites (tertiary alicyclic amines) is 1.